The number of benzene rings is 1. The van der Waals surface area contributed by atoms with Crippen LogP contribution in [0.5, 0.6) is 0 Å². The standard InChI is InChI=1S/C13H14Cl2N2S/c14-8-13-16-11-7-9(15)1-2-12(11)17(13)10-3-5-18-6-4-10/h1-2,7,10H,3-6,8H2. The maximum absolute atomic E-state index is 6.04. The van der Waals surface area contributed by atoms with Crippen molar-refractivity contribution in [1.82, 2.24) is 9.55 Å². The van der Waals surface area contributed by atoms with Gasteiger partial charge in [0.05, 0.1) is 16.9 Å². The van der Waals surface area contributed by atoms with Crippen LogP contribution in [0.15, 0.2) is 18.2 Å². The summed E-state index contributed by atoms with van der Waals surface area (Å²) in [7, 11) is 0. The van der Waals surface area contributed by atoms with Crippen LogP contribution in [-0.2, 0) is 5.88 Å². The molecule has 0 atom stereocenters. The van der Waals surface area contributed by atoms with Gasteiger partial charge in [-0.3, -0.25) is 0 Å². The lowest BCUT2D eigenvalue weighted by atomic mass is 10.1. The number of fused-ring (bicyclic) bond motifs is 1. The number of nitrogens with zero attached hydrogens (tertiary/aromatic N) is 2. The van der Waals surface area contributed by atoms with E-state index in [4.69, 9.17) is 23.2 Å². The van der Waals surface area contributed by atoms with Gasteiger partial charge in [-0.15, -0.1) is 11.6 Å². The zero-order valence-electron chi connectivity index (χ0n) is 9.90. The molecular weight excluding hydrogens is 287 g/mol. The van der Waals surface area contributed by atoms with Gasteiger partial charge in [0.25, 0.3) is 0 Å². The van der Waals surface area contributed by atoms with Gasteiger partial charge < -0.3 is 4.57 Å². The second kappa shape index (κ2) is 5.32. The molecule has 1 saturated heterocycles. The summed E-state index contributed by atoms with van der Waals surface area (Å²) in [4.78, 5) is 4.61. The minimum Gasteiger partial charge on any atom is -0.324 e. The van der Waals surface area contributed by atoms with Crippen molar-refractivity contribution in [2.75, 3.05) is 11.5 Å². The third-order valence-corrected chi connectivity index (χ3v) is 4.92. The number of aromatic nitrogens is 2. The second-order valence-corrected chi connectivity index (χ2v) is 6.44. The number of imidazole rings is 1. The molecule has 0 radical (unpaired) electrons. The molecule has 3 rings (SSSR count). The molecular formula is C13H14Cl2N2S. The molecule has 2 aromatic rings. The van der Waals surface area contributed by atoms with Gasteiger partial charge in [0.2, 0.25) is 0 Å². The SMILES string of the molecule is ClCc1nc2cc(Cl)ccc2n1C1CCSCC1. The van der Waals surface area contributed by atoms with Crippen molar-refractivity contribution in [3.8, 4) is 0 Å². The normalized spacial score (nSPS) is 17.4. The number of rotatable bonds is 2. The first kappa shape index (κ1) is 12.6. The van der Waals surface area contributed by atoms with E-state index in [1.165, 1.54) is 24.3 Å². The minimum atomic E-state index is 0.454. The average Bonchev–Trinajstić information content (AvgIpc) is 2.77. The predicted molar refractivity (Wildman–Crippen MR) is 79.9 cm³/mol. The molecule has 0 saturated carbocycles. The maximum atomic E-state index is 6.04. The molecule has 1 aliphatic rings. The molecule has 1 fully saturated rings. The number of hydrogen-bond donors (Lipinski definition) is 0. The van der Waals surface area contributed by atoms with E-state index < -0.39 is 0 Å². The van der Waals surface area contributed by atoms with Crippen molar-refractivity contribution < 1.29 is 0 Å². The fourth-order valence-electron chi connectivity index (χ4n) is 2.57. The van der Waals surface area contributed by atoms with Gasteiger partial charge in [-0.2, -0.15) is 11.8 Å². The Hall–Kier alpha value is -0.380. The Morgan fingerprint density at radius 1 is 1.33 bits per heavy atom. The average molecular weight is 301 g/mol. The highest BCUT2D eigenvalue weighted by atomic mass is 35.5. The van der Waals surface area contributed by atoms with E-state index in [0.717, 1.165) is 21.9 Å². The molecule has 0 unspecified atom stereocenters. The van der Waals surface area contributed by atoms with Crippen LogP contribution >= 0.6 is 35.0 Å². The van der Waals surface area contributed by atoms with Gasteiger partial charge in [0.15, 0.2) is 0 Å². The Bertz CT molecular complexity index is 561. The fourth-order valence-corrected chi connectivity index (χ4v) is 4.00. The van der Waals surface area contributed by atoms with Gasteiger partial charge >= 0.3 is 0 Å². The Balaban J connectivity index is 2.12. The Morgan fingerprint density at radius 2 is 2.11 bits per heavy atom. The highest BCUT2D eigenvalue weighted by Crippen LogP contribution is 2.32. The van der Waals surface area contributed by atoms with Crippen LogP contribution < -0.4 is 0 Å². The van der Waals surface area contributed by atoms with Crippen molar-refractivity contribution >= 4 is 46.0 Å². The van der Waals surface area contributed by atoms with Crippen LogP contribution in [0.25, 0.3) is 11.0 Å². The van der Waals surface area contributed by atoms with Crippen molar-refractivity contribution in [3.05, 3.63) is 29.0 Å². The number of thioether (sulfide) groups is 1. The third kappa shape index (κ3) is 2.24. The van der Waals surface area contributed by atoms with E-state index >= 15 is 0 Å². The van der Waals surface area contributed by atoms with Gasteiger partial charge in [-0.25, -0.2) is 4.98 Å². The number of halogens is 2. The van der Waals surface area contributed by atoms with Crippen LogP contribution in [0.1, 0.15) is 24.7 Å². The van der Waals surface area contributed by atoms with Crippen LogP contribution in [0, 0.1) is 0 Å². The van der Waals surface area contributed by atoms with Gasteiger partial charge in [0.1, 0.15) is 5.82 Å². The lowest BCUT2D eigenvalue weighted by molar-refractivity contribution is 0.470. The number of hydrogen-bond acceptors (Lipinski definition) is 2. The van der Waals surface area contributed by atoms with Crippen LogP contribution in [0.3, 0.4) is 0 Å². The summed E-state index contributed by atoms with van der Waals surface area (Å²) < 4.78 is 2.32. The molecule has 0 spiro atoms. The summed E-state index contributed by atoms with van der Waals surface area (Å²) >= 11 is 14.1. The highest BCUT2D eigenvalue weighted by molar-refractivity contribution is 7.99. The molecule has 18 heavy (non-hydrogen) atoms. The van der Waals surface area contributed by atoms with E-state index in [0.29, 0.717) is 11.9 Å². The molecule has 0 amide bonds. The summed E-state index contributed by atoms with van der Waals surface area (Å²) in [5.74, 6) is 3.86. The third-order valence-electron chi connectivity index (χ3n) is 3.40. The molecule has 2 heterocycles. The molecule has 1 aliphatic heterocycles. The van der Waals surface area contributed by atoms with Crippen molar-refractivity contribution in [3.63, 3.8) is 0 Å². The molecule has 0 N–H and O–H groups in total. The summed E-state index contributed by atoms with van der Waals surface area (Å²) in [5, 5.41) is 0.729. The van der Waals surface area contributed by atoms with Crippen LogP contribution in [-0.4, -0.2) is 21.1 Å². The zero-order valence-corrected chi connectivity index (χ0v) is 12.2. The first-order valence-electron chi connectivity index (χ1n) is 6.09. The predicted octanol–water partition coefficient (Wildman–Crippen LogP) is 4.50. The van der Waals surface area contributed by atoms with E-state index in [2.05, 4.69) is 15.6 Å². The van der Waals surface area contributed by atoms with E-state index in [-0.39, 0.29) is 0 Å². The van der Waals surface area contributed by atoms with E-state index in [1.54, 1.807) is 0 Å². The first-order chi connectivity index (χ1) is 8.79. The van der Waals surface area contributed by atoms with Gasteiger partial charge in [0, 0.05) is 11.1 Å². The maximum Gasteiger partial charge on any atom is 0.125 e. The topological polar surface area (TPSA) is 17.8 Å². The van der Waals surface area contributed by atoms with Crippen molar-refractivity contribution in [1.29, 1.82) is 0 Å². The monoisotopic (exact) mass is 300 g/mol. The highest BCUT2D eigenvalue weighted by Gasteiger charge is 2.21. The molecule has 0 aliphatic carbocycles. The van der Waals surface area contributed by atoms with Gasteiger partial charge in [-0.05, 0) is 42.5 Å². The summed E-state index contributed by atoms with van der Waals surface area (Å²) in [5.41, 5.74) is 2.11. The van der Waals surface area contributed by atoms with Crippen molar-refractivity contribution in [2.45, 2.75) is 24.8 Å². The smallest absolute Gasteiger partial charge is 0.125 e. The summed E-state index contributed by atoms with van der Waals surface area (Å²) in [6.45, 7) is 0. The summed E-state index contributed by atoms with van der Waals surface area (Å²) in [6.07, 6.45) is 2.39. The zero-order chi connectivity index (χ0) is 12.5. The number of alkyl halides is 1. The first-order valence-corrected chi connectivity index (χ1v) is 8.16. The molecule has 1 aromatic heterocycles. The second-order valence-electron chi connectivity index (χ2n) is 4.51. The molecule has 2 nitrogen and oxygen atoms in total. The quantitative estimate of drug-likeness (QED) is 0.760. The van der Waals surface area contributed by atoms with E-state index in [9.17, 15) is 0 Å². The summed E-state index contributed by atoms with van der Waals surface area (Å²) in [6, 6.07) is 6.44. The molecule has 0 bridgehead atoms. The van der Waals surface area contributed by atoms with Crippen molar-refractivity contribution in [2.24, 2.45) is 0 Å². The Morgan fingerprint density at radius 3 is 2.83 bits per heavy atom. The lowest BCUT2D eigenvalue weighted by Crippen LogP contribution is -2.17. The molecule has 5 heteroatoms. The van der Waals surface area contributed by atoms with Gasteiger partial charge in [-0.1, -0.05) is 11.6 Å². The Kier molecular flexibility index (Phi) is 3.73. The largest absolute Gasteiger partial charge is 0.324 e. The molecule has 96 valence electrons. The molecule has 1 aromatic carbocycles. The lowest BCUT2D eigenvalue weighted by Gasteiger charge is -2.25. The van der Waals surface area contributed by atoms with E-state index in [1.807, 2.05) is 23.9 Å². The Labute approximate surface area is 121 Å². The van der Waals surface area contributed by atoms with Crippen LogP contribution in [0.4, 0.5) is 0 Å². The fraction of sp³-hybridized carbons (Fsp3) is 0.462. The minimum absolute atomic E-state index is 0.454. The van der Waals surface area contributed by atoms with Crippen LogP contribution in [0.2, 0.25) is 5.02 Å².